The first kappa shape index (κ1) is 14.4. The molecule has 2 aliphatic rings. The summed E-state index contributed by atoms with van der Waals surface area (Å²) in [5, 5.41) is 14.2. The molecular weight excluding hydrogens is 242 g/mol. The van der Waals surface area contributed by atoms with Crippen LogP contribution in [0.2, 0.25) is 0 Å². The van der Waals surface area contributed by atoms with Crippen molar-refractivity contribution in [1.29, 1.82) is 0 Å². The molecule has 4 nitrogen and oxygen atoms in total. The number of carboxylic acids is 1. The highest BCUT2D eigenvalue weighted by molar-refractivity contribution is 5.84. The van der Waals surface area contributed by atoms with Crippen molar-refractivity contribution in [2.75, 3.05) is 0 Å². The zero-order valence-corrected chi connectivity index (χ0v) is 11.5. The van der Waals surface area contributed by atoms with Gasteiger partial charge in [-0.25, -0.2) is 0 Å². The summed E-state index contributed by atoms with van der Waals surface area (Å²) in [7, 11) is 0. The first-order chi connectivity index (χ1) is 9.18. The van der Waals surface area contributed by atoms with E-state index in [0.717, 1.165) is 25.7 Å². The molecule has 0 aliphatic heterocycles. The highest BCUT2D eigenvalue weighted by Crippen LogP contribution is 2.30. The maximum absolute atomic E-state index is 12.3. The van der Waals surface area contributed by atoms with Crippen LogP contribution in [0.15, 0.2) is 0 Å². The Balaban J connectivity index is 1.91. The minimum atomic E-state index is -1.05. The molecule has 19 heavy (non-hydrogen) atoms. The van der Waals surface area contributed by atoms with Crippen LogP contribution in [0.4, 0.5) is 0 Å². The van der Waals surface area contributed by atoms with E-state index < -0.39 is 11.9 Å². The number of carbonyl (C=O) groups is 2. The predicted octanol–water partition coefficient (Wildman–Crippen LogP) is 1.38. The lowest BCUT2D eigenvalue weighted by Crippen LogP contribution is -2.47. The third-order valence-corrected chi connectivity index (χ3v) is 4.61. The van der Waals surface area contributed by atoms with Crippen LogP contribution >= 0.6 is 0 Å². The van der Waals surface area contributed by atoms with E-state index in [9.17, 15) is 14.7 Å². The van der Waals surface area contributed by atoms with Gasteiger partial charge in [-0.15, -0.1) is 0 Å². The maximum atomic E-state index is 12.3. The molecule has 1 N–H and O–H groups in total. The van der Waals surface area contributed by atoms with E-state index in [-0.39, 0.29) is 17.9 Å². The lowest BCUT2D eigenvalue weighted by molar-refractivity contribution is -0.314. The van der Waals surface area contributed by atoms with Gasteiger partial charge in [-0.3, -0.25) is 4.79 Å². The Kier molecular flexibility index (Phi) is 5.23. The Hall–Kier alpha value is -1.06. The molecule has 0 aromatic rings. The first-order valence-electron chi connectivity index (χ1n) is 7.69. The van der Waals surface area contributed by atoms with Crippen molar-refractivity contribution >= 4 is 11.9 Å². The van der Waals surface area contributed by atoms with Gasteiger partial charge in [0.25, 0.3) is 0 Å². The molecule has 0 saturated heterocycles. The van der Waals surface area contributed by atoms with Crippen molar-refractivity contribution in [1.82, 2.24) is 5.32 Å². The van der Waals surface area contributed by atoms with E-state index in [4.69, 9.17) is 0 Å². The fourth-order valence-electron chi connectivity index (χ4n) is 3.46. The third-order valence-electron chi connectivity index (χ3n) is 4.61. The van der Waals surface area contributed by atoms with E-state index in [1.165, 1.54) is 25.7 Å². The second-order valence-corrected chi connectivity index (χ2v) is 6.01. The first-order valence-corrected chi connectivity index (χ1v) is 7.69. The van der Waals surface area contributed by atoms with Crippen LogP contribution in [0.1, 0.15) is 64.2 Å². The molecule has 2 aliphatic carbocycles. The molecule has 0 aromatic carbocycles. The number of rotatable bonds is 3. The normalized spacial score (nSPS) is 29.5. The fourth-order valence-corrected chi connectivity index (χ4v) is 3.46. The van der Waals surface area contributed by atoms with Crippen LogP contribution in [0.5, 0.6) is 0 Å². The monoisotopic (exact) mass is 266 g/mol. The molecule has 2 saturated carbocycles. The quantitative estimate of drug-likeness (QED) is 0.785. The number of aliphatic carboxylic acids is 1. The van der Waals surface area contributed by atoms with Gasteiger partial charge in [-0.2, -0.15) is 0 Å². The Morgan fingerprint density at radius 2 is 1.32 bits per heavy atom. The third kappa shape index (κ3) is 3.95. The van der Waals surface area contributed by atoms with Gasteiger partial charge in [0.15, 0.2) is 0 Å². The van der Waals surface area contributed by atoms with Crippen molar-refractivity contribution in [2.24, 2.45) is 11.8 Å². The molecule has 2 atom stereocenters. The zero-order chi connectivity index (χ0) is 13.7. The standard InChI is InChI=1S/C15H25NO3/c17-14(16-11-7-3-1-2-4-8-11)12-9-5-6-10-13(12)15(18)19/h11-13H,1-10H2,(H,16,17)(H,18,19)/p-1/t12-,13-/m0/s1. The van der Waals surface area contributed by atoms with Gasteiger partial charge in [0.1, 0.15) is 0 Å². The molecular formula is C15H24NO3-. The summed E-state index contributed by atoms with van der Waals surface area (Å²) < 4.78 is 0. The number of nitrogens with one attached hydrogen (secondary N) is 1. The smallest absolute Gasteiger partial charge is 0.223 e. The van der Waals surface area contributed by atoms with Crippen LogP contribution in [0, 0.1) is 11.8 Å². The summed E-state index contributed by atoms with van der Waals surface area (Å²) in [5.74, 6) is -2.07. The number of carbonyl (C=O) groups excluding carboxylic acids is 2. The number of amides is 1. The fraction of sp³-hybridized carbons (Fsp3) is 0.867. The van der Waals surface area contributed by atoms with E-state index in [0.29, 0.717) is 12.8 Å². The van der Waals surface area contributed by atoms with Crippen LogP contribution in [0.3, 0.4) is 0 Å². The molecule has 0 heterocycles. The lowest BCUT2D eigenvalue weighted by Gasteiger charge is -2.32. The molecule has 0 unspecified atom stereocenters. The van der Waals surface area contributed by atoms with Crippen molar-refractivity contribution in [3.8, 4) is 0 Å². The van der Waals surface area contributed by atoms with E-state index in [2.05, 4.69) is 5.32 Å². The van der Waals surface area contributed by atoms with E-state index in [1.54, 1.807) is 0 Å². The van der Waals surface area contributed by atoms with Crippen molar-refractivity contribution in [2.45, 2.75) is 70.3 Å². The summed E-state index contributed by atoms with van der Waals surface area (Å²) in [6, 6.07) is 0.249. The molecule has 0 bridgehead atoms. The topological polar surface area (TPSA) is 69.2 Å². The average molecular weight is 266 g/mol. The van der Waals surface area contributed by atoms with E-state index >= 15 is 0 Å². The van der Waals surface area contributed by atoms with Crippen molar-refractivity contribution in [3.05, 3.63) is 0 Å². The largest absolute Gasteiger partial charge is 0.550 e. The summed E-state index contributed by atoms with van der Waals surface area (Å²) in [5.41, 5.74) is 0. The summed E-state index contributed by atoms with van der Waals surface area (Å²) in [6.45, 7) is 0. The second-order valence-electron chi connectivity index (χ2n) is 6.01. The molecule has 4 heteroatoms. The number of hydrogen-bond acceptors (Lipinski definition) is 3. The zero-order valence-electron chi connectivity index (χ0n) is 11.5. The second kappa shape index (κ2) is 6.92. The van der Waals surface area contributed by atoms with Crippen molar-refractivity contribution < 1.29 is 14.7 Å². The van der Waals surface area contributed by atoms with Gasteiger partial charge in [-0.05, 0) is 25.7 Å². The van der Waals surface area contributed by atoms with Gasteiger partial charge < -0.3 is 15.2 Å². The van der Waals surface area contributed by atoms with Gasteiger partial charge in [0.2, 0.25) is 5.91 Å². The van der Waals surface area contributed by atoms with Crippen LogP contribution in [0.25, 0.3) is 0 Å². The minimum Gasteiger partial charge on any atom is -0.550 e. The van der Waals surface area contributed by atoms with Gasteiger partial charge >= 0.3 is 0 Å². The highest BCUT2D eigenvalue weighted by atomic mass is 16.4. The van der Waals surface area contributed by atoms with Gasteiger partial charge in [0.05, 0.1) is 0 Å². The van der Waals surface area contributed by atoms with E-state index in [1.807, 2.05) is 0 Å². The number of hydrogen-bond donors (Lipinski definition) is 1. The summed E-state index contributed by atoms with van der Waals surface area (Å²) >= 11 is 0. The van der Waals surface area contributed by atoms with Crippen LogP contribution < -0.4 is 10.4 Å². The van der Waals surface area contributed by atoms with Crippen LogP contribution in [-0.4, -0.2) is 17.9 Å². The van der Waals surface area contributed by atoms with Crippen LogP contribution in [-0.2, 0) is 9.59 Å². The maximum Gasteiger partial charge on any atom is 0.223 e. The highest BCUT2D eigenvalue weighted by Gasteiger charge is 2.32. The Morgan fingerprint density at radius 1 is 0.789 bits per heavy atom. The molecule has 0 aromatic heterocycles. The molecule has 1 amide bonds. The average Bonchev–Trinajstić information content (AvgIpc) is 2.67. The predicted molar refractivity (Wildman–Crippen MR) is 70.1 cm³/mol. The molecule has 0 spiro atoms. The lowest BCUT2D eigenvalue weighted by atomic mass is 9.78. The minimum absolute atomic E-state index is 0.0548. The van der Waals surface area contributed by atoms with Crippen molar-refractivity contribution in [3.63, 3.8) is 0 Å². The summed E-state index contributed by atoms with van der Waals surface area (Å²) in [6.07, 6.45) is 10.0. The Labute approximate surface area is 115 Å². The number of carboxylic acid groups (broad SMARTS) is 1. The Bertz CT molecular complexity index is 321. The molecule has 2 fully saturated rings. The molecule has 2 rings (SSSR count). The molecule has 108 valence electrons. The molecule has 0 radical (unpaired) electrons. The SMILES string of the molecule is O=C([O-])[C@H]1CCCC[C@@H]1C(=O)NC1CCCCCC1. The summed E-state index contributed by atoms with van der Waals surface area (Å²) in [4.78, 5) is 23.4. The van der Waals surface area contributed by atoms with Gasteiger partial charge in [0, 0.05) is 23.8 Å². The Morgan fingerprint density at radius 3 is 1.89 bits per heavy atom. The van der Waals surface area contributed by atoms with Gasteiger partial charge in [-0.1, -0.05) is 38.5 Å².